The Bertz CT molecular complexity index is 346. The number of nitrogens with zero attached hydrogens (tertiary/aromatic N) is 1. The van der Waals surface area contributed by atoms with Crippen LogP contribution in [-0.4, -0.2) is 4.98 Å². The number of pyridine rings is 1. The molecule has 2 rings (SSSR count). The molecular weight excluding hydrogens is 219 g/mol. The summed E-state index contributed by atoms with van der Waals surface area (Å²) in [4.78, 5) is 4.26. The topological polar surface area (TPSA) is 38.9 Å². The summed E-state index contributed by atoms with van der Waals surface area (Å²) in [5.74, 6) is 0.473. The van der Waals surface area contributed by atoms with Gasteiger partial charge in [0, 0.05) is 5.92 Å². The Labute approximate surface area is 93.4 Å². The van der Waals surface area contributed by atoms with Gasteiger partial charge in [-0.05, 0) is 18.9 Å². The molecule has 76 valence electrons. The molecule has 0 atom stereocenters. The van der Waals surface area contributed by atoms with E-state index in [9.17, 15) is 0 Å². The lowest BCUT2D eigenvalue weighted by Crippen LogP contribution is -2.00. The zero-order chi connectivity index (χ0) is 10.1. The van der Waals surface area contributed by atoms with E-state index in [0.717, 1.165) is 18.5 Å². The maximum absolute atomic E-state index is 6.08. The maximum Gasteiger partial charge on any atom is 0.152 e. The average Bonchev–Trinajstić information content (AvgIpc) is 2.64. The number of rotatable bonds is 1. The van der Waals surface area contributed by atoms with Gasteiger partial charge in [0.15, 0.2) is 5.15 Å². The second-order valence-corrected chi connectivity index (χ2v) is 4.48. The standard InChI is InChI=1S/C10H12Cl2N2/c11-7-5-8(13)10(12)14-9(7)6-3-1-2-4-6/h5-6H,1-4,13H2. The molecule has 0 saturated heterocycles. The van der Waals surface area contributed by atoms with E-state index in [1.54, 1.807) is 6.07 Å². The zero-order valence-corrected chi connectivity index (χ0v) is 9.28. The molecule has 1 aliphatic rings. The summed E-state index contributed by atoms with van der Waals surface area (Å²) >= 11 is 11.9. The first kappa shape index (κ1) is 10.1. The van der Waals surface area contributed by atoms with Gasteiger partial charge in [-0.1, -0.05) is 36.0 Å². The third-order valence-corrected chi connectivity index (χ3v) is 3.33. The first-order chi connectivity index (χ1) is 6.68. The van der Waals surface area contributed by atoms with Crippen LogP contribution in [0.4, 0.5) is 5.69 Å². The minimum Gasteiger partial charge on any atom is -0.396 e. The lowest BCUT2D eigenvalue weighted by molar-refractivity contribution is 0.698. The first-order valence-corrected chi connectivity index (χ1v) is 5.55. The molecule has 14 heavy (non-hydrogen) atoms. The van der Waals surface area contributed by atoms with Gasteiger partial charge in [-0.2, -0.15) is 0 Å². The molecule has 2 N–H and O–H groups in total. The SMILES string of the molecule is Nc1cc(Cl)c(C2CCCC2)nc1Cl. The smallest absolute Gasteiger partial charge is 0.152 e. The molecule has 2 nitrogen and oxygen atoms in total. The van der Waals surface area contributed by atoms with Gasteiger partial charge in [-0.3, -0.25) is 0 Å². The quantitative estimate of drug-likeness (QED) is 0.749. The Balaban J connectivity index is 2.37. The summed E-state index contributed by atoms with van der Waals surface area (Å²) in [5.41, 5.74) is 6.99. The van der Waals surface area contributed by atoms with Gasteiger partial charge in [-0.25, -0.2) is 4.98 Å². The minimum absolute atomic E-state index is 0.372. The van der Waals surface area contributed by atoms with E-state index in [4.69, 9.17) is 28.9 Å². The van der Waals surface area contributed by atoms with Crippen LogP contribution in [0.25, 0.3) is 0 Å². The third kappa shape index (κ3) is 1.82. The molecule has 1 fully saturated rings. The molecule has 1 saturated carbocycles. The van der Waals surface area contributed by atoms with Gasteiger partial charge >= 0.3 is 0 Å². The van der Waals surface area contributed by atoms with Crippen LogP contribution in [0.3, 0.4) is 0 Å². The summed E-state index contributed by atoms with van der Waals surface area (Å²) in [6.45, 7) is 0. The van der Waals surface area contributed by atoms with Crippen LogP contribution in [0.2, 0.25) is 10.2 Å². The first-order valence-electron chi connectivity index (χ1n) is 4.80. The molecule has 0 unspecified atom stereocenters. The Morgan fingerprint density at radius 3 is 2.57 bits per heavy atom. The second kappa shape index (κ2) is 3.95. The van der Waals surface area contributed by atoms with E-state index in [1.165, 1.54) is 12.8 Å². The molecule has 0 radical (unpaired) electrons. The molecule has 0 amide bonds. The number of halogens is 2. The second-order valence-electron chi connectivity index (χ2n) is 3.72. The highest BCUT2D eigenvalue weighted by Crippen LogP contribution is 2.38. The molecule has 1 aromatic rings. The zero-order valence-electron chi connectivity index (χ0n) is 7.76. The molecule has 0 aliphatic heterocycles. The molecule has 1 aliphatic carbocycles. The van der Waals surface area contributed by atoms with Crippen molar-refractivity contribution in [3.05, 3.63) is 21.9 Å². The number of hydrogen-bond acceptors (Lipinski definition) is 2. The monoisotopic (exact) mass is 230 g/mol. The fraction of sp³-hybridized carbons (Fsp3) is 0.500. The van der Waals surface area contributed by atoms with Gasteiger partial charge in [0.1, 0.15) is 0 Å². The average molecular weight is 231 g/mol. The highest BCUT2D eigenvalue weighted by atomic mass is 35.5. The number of nitrogen functional groups attached to an aromatic ring is 1. The van der Waals surface area contributed by atoms with Crippen molar-refractivity contribution in [3.63, 3.8) is 0 Å². The molecule has 1 heterocycles. The summed E-state index contributed by atoms with van der Waals surface area (Å²) in [6, 6.07) is 1.70. The maximum atomic E-state index is 6.08. The fourth-order valence-electron chi connectivity index (χ4n) is 1.98. The van der Waals surface area contributed by atoms with Crippen LogP contribution in [0.5, 0.6) is 0 Å². The summed E-state index contributed by atoms with van der Waals surface area (Å²) in [6.07, 6.45) is 4.83. The summed E-state index contributed by atoms with van der Waals surface area (Å²) < 4.78 is 0. The van der Waals surface area contributed by atoms with Crippen molar-refractivity contribution >= 4 is 28.9 Å². The minimum atomic E-state index is 0.372. The highest BCUT2D eigenvalue weighted by molar-refractivity contribution is 6.34. The largest absolute Gasteiger partial charge is 0.396 e. The van der Waals surface area contributed by atoms with Crippen molar-refractivity contribution in [1.82, 2.24) is 4.98 Å². The number of nitrogens with two attached hydrogens (primary N) is 1. The van der Waals surface area contributed by atoms with Crippen molar-refractivity contribution in [2.45, 2.75) is 31.6 Å². The van der Waals surface area contributed by atoms with Crippen LogP contribution in [0, 0.1) is 0 Å². The molecule has 0 bridgehead atoms. The lowest BCUT2D eigenvalue weighted by atomic mass is 10.0. The lowest BCUT2D eigenvalue weighted by Gasteiger charge is -2.11. The molecular formula is C10H12Cl2N2. The third-order valence-electron chi connectivity index (χ3n) is 2.73. The predicted octanol–water partition coefficient (Wildman–Crippen LogP) is 3.63. The van der Waals surface area contributed by atoms with E-state index in [1.807, 2.05) is 0 Å². The Morgan fingerprint density at radius 2 is 1.93 bits per heavy atom. The van der Waals surface area contributed by atoms with Crippen LogP contribution in [0.1, 0.15) is 37.3 Å². The Morgan fingerprint density at radius 1 is 1.29 bits per heavy atom. The van der Waals surface area contributed by atoms with Gasteiger partial charge in [0.25, 0.3) is 0 Å². The summed E-state index contributed by atoms with van der Waals surface area (Å²) in [7, 11) is 0. The van der Waals surface area contributed by atoms with Crippen LogP contribution < -0.4 is 5.73 Å². The summed E-state index contributed by atoms with van der Waals surface area (Å²) in [5, 5.41) is 1.02. The normalized spacial score (nSPS) is 17.6. The van der Waals surface area contributed by atoms with E-state index in [-0.39, 0.29) is 0 Å². The van der Waals surface area contributed by atoms with Crippen molar-refractivity contribution in [2.75, 3.05) is 5.73 Å². The molecule has 1 aromatic heterocycles. The molecule has 4 heteroatoms. The van der Waals surface area contributed by atoms with E-state index >= 15 is 0 Å². The van der Waals surface area contributed by atoms with Crippen LogP contribution in [-0.2, 0) is 0 Å². The van der Waals surface area contributed by atoms with E-state index in [0.29, 0.717) is 21.8 Å². The number of anilines is 1. The van der Waals surface area contributed by atoms with Gasteiger partial charge in [-0.15, -0.1) is 0 Å². The molecule has 0 spiro atoms. The van der Waals surface area contributed by atoms with E-state index in [2.05, 4.69) is 4.98 Å². The van der Waals surface area contributed by atoms with Crippen LogP contribution in [0.15, 0.2) is 6.07 Å². The Hall–Kier alpha value is -0.470. The van der Waals surface area contributed by atoms with Gasteiger partial charge in [0.05, 0.1) is 16.4 Å². The fourth-order valence-corrected chi connectivity index (χ4v) is 2.44. The number of aromatic nitrogens is 1. The number of hydrogen-bond donors (Lipinski definition) is 1. The predicted molar refractivity (Wildman–Crippen MR) is 59.9 cm³/mol. The van der Waals surface area contributed by atoms with Crippen LogP contribution >= 0.6 is 23.2 Å². The van der Waals surface area contributed by atoms with Crippen molar-refractivity contribution in [2.24, 2.45) is 0 Å². The van der Waals surface area contributed by atoms with Crippen molar-refractivity contribution in [3.8, 4) is 0 Å². The van der Waals surface area contributed by atoms with Crippen molar-refractivity contribution in [1.29, 1.82) is 0 Å². The van der Waals surface area contributed by atoms with E-state index < -0.39 is 0 Å². The molecule has 0 aromatic carbocycles. The highest BCUT2D eigenvalue weighted by Gasteiger charge is 2.21. The van der Waals surface area contributed by atoms with Crippen molar-refractivity contribution < 1.29 is 0 Å². The van der Waals surface area contributed by atoms with Gasteiger partial charge < -0.3 is 5.73 Å². The Kier molecular flexibility index (Phi) is 2.84. The van der Waals surface area contributed by atoms with Gasteiger partial charge in [0.2, 0.25) is 0 Å².